The fraction of sp³-hybridized carbons (Fsp3) is 0.308. The fourth-order valence-corrected chi connectivity index (χ4v) is 1.44. The van der Waals surface area contributed by atoms with E-state index in [1.165, 1.54) is 0 Å². The van der Waals surface area contributed by atoms with Gasteiger partial charge in [0.2, 0.25) is 0 Å². The molecule has 1 unspecified atom stereocenters. The van der Waals surface area contributed by atoms with Crippen molar-refractivity contribution in [1.82, 2.24) is 4.98 Å². The Morgan fingerprint density at radius 3 is 2.56 bits per heavy atom. The number of hydrogen-bond donors (Lipinski definition) is 1. The van der Waals surface area contributed by atoms with Gasteiger partial charge in [0, 0.05) is 19.3 Å². The molecule has 1 heterocycles. The number of rotatable bonds is 6. The van der Waals surface area contributed by atoms with Crippen LogP contribution < -0.4 is 4.90 Å². The van der Waals surface area contributed by atoms with Crippen LogP contribution in [0.25, 0.3) is 0 Å². The van der Waals surface area contributed by atoms with Crippen LogP contribution in [0.5, 0.6) is 0 Å². The minimum Gasteiger partial charge on any atom is -0.389 e. The molecule has 0 bridgehead atoms. The van der Waals surface area contributed by atoms with Crippen molar-refractivity contribution in [3.05, 3.63) is 49.2 Å². The zero-order valence-corrected chi connectivity index (χ0v) is 9.63. The Balaban J connectivity index is 2.94. The maximum atomic E-state index is 9.50. The maximum absolute atomic E-state index is 9.50. The van der Waals surface area contributed by atoms with Gasteiger partial charge in [0.15, 0.2) is 0 Å². The summed E-state index contributed by atoms with van der Waals surface area (Å²) in [6.45, 7) is 10.6. The van der Waals surface area contributed by atoms with Gasteiger partial charge in [-0.2, -0.15) is 0 Å². The minimum absolute atomic E-state index is 0.476. The van der Waals surface area contributed by atoms with Gasteiger partial charge < -0.3 is 10.0 Å². The molecule has 86 valence electrons. The Morgan fingerprint density at radius 2 is 2.06 bits per heavy atom. The van der Waals surface area contributed by atoms with Crippen LogP contribution in [0.2, 0.25) is 0 Å². The van der Waals surface area contributed by atoms with E-state index in [4.69, 9.17) is 0 Å². The maximum Gasteiger partial charge on any atom is 0.129 e. The third kappa shape index (κ3) is 3.21. The second-order valence-electron chi connectivity index (χ2n) is 3.61. The van der Waals surface area contributed by atoms with Crippen molar-refractivity contribution in [2.45, 2.75) is 13.0 Å². The van der Waals surface area contributed by atoms with Gasteiger partial charge in [-0.1, -0.05) is 12.2 Å². The Bertz CT molecular complexity index is 351. The van der Waals surface area contributed by atoms with Crippen LogP contribution in [-0.4, -0.2) is 23.2 Å². The van der Waals surface area contributed by atoms with Crippen molar-refractivity contribution >= 4 is 5.82 Å². The van der Waals surface area contributed by atoms with Crippen molar-refractivity contribution in [2.24, 2.45) is 0 Å². The van der Waals surface area contributed by atoms with Crippen molar-refractivity contribution in [2.75, 3.05) is 18.0 Å². The Kier molecular flexibility index (Phi) is 4.73. The van der Waals surface area contributed by atoms with Crippen molar-refractivity contribution in [3.8, 4) is 0 Å². The van der Waals surface area contributed by atoms with Gasteiger partial charge >= 0.3 is 0 Å². The SMILES string of the molecule is C=CCN(CC=C)c1cc(C(C)O)ccn1. The molecule has 0 aliphatic carbocycles. The molecular formula is C13H18N2O. The van der Waals surface area contributed by atoms with Gasteiger partial charge in [-0.25, -0.2) is 4.98 Å². The van der Waals surface area contributed by atoms with Crippen LogP contribution >= 0.6 is 0 Å². The van der Waals surface area contributed by atoms with E-state index in [1.54, 1.807) is 13.1 Å². The third-order valence-corrected chi connectivity index (χ3v) is 2.27. The molecule has 3 nitrogen and oxygen atoms in total. The molecule has 1 N–H and O–H groups in total. The zero-order chi connectivity index (χ0) is 12.0. The summed E-state index contributed by atoms with van der Waals surface area (Å²) in [7, 11) is 0. The van der Waals surface area contributed by atoms with Gasteiger partial charge in [0.25, 0.3) is 0 Å². The molecule has 0 spiro atoms. The highest BCUT2D eigenvalue weighted by Gasteiger charge is 2.07. The second-order valence-corrected chi connectivity index (χ2v) is 3.61. The molecular weight excluding hydrogens is 200 g/mol. The summed E-state index contributed by atoms with van der Waals surface area (Å²) in [5.74, 6) is 0.832. The summed E-state index contributed by atoms with van der Waals surface area (Å²) < 4.78 is 0. The van der Waals surface area contributed by atoms with Gasteiger partial charge in [-0.15, -0.1) is 13.2 Å². The Morgan fingerprint density at radius 1 is 1.44 bits per heavy atom. The lowest BCUT2D eigenvalue weighted by molar-refractivity contribution is 0.199. The topological polar surface area (TPSA) is 36.4 Å². The molecule has 1 aromatic rings. The lowest BCUT2D eigenvalue weighted by Crippen LogP contribution is -2.24. The predicted octanol–water partition coefficient (Wildman–Crippen LogP) is 2.31. The number of pyridine rings is 1. The quantitative estimate of drug-likeness (QED) is 0.744. The van der Waals surface area contributed by atoms with Crippen molar-refractivity contribution in [1.29, 1.82) is 0 Å². The first-order valence-electron chi connectivity index (χ1n) is 5.29. The standard InChI is InChI=1S/C13H18N2O/c1-4-8-15(9-5-2)13-10-12(11(3)16)6-7-14-13/h4-7,10-11,16H,1-2,8-9H2,3H3. The molecule has 0 saturated carbocycles. The summed E-state index contributed by atoms with van der Waals surface area (Å²) in [5.41, 5.74) is 0.864. The first kappa shape index (κ1) is 12.5. The van der Waals surface area contributed by atoms with Crippen LogP contribution in [0.1, 0.15) is 18.6 Å². The zero-order valence-electron chi connectivity index (χ0n) is 9.63. The third-order valence-electron chi connectivity index (χ3n) is 2.27. The van der Waals surface area contributed by atoms with E-state index >= 15 is 0 Å². The molecule has 0 aliphatic rings. The van der Waals surface area contributed by atoms with E-state index in [2.05, 4.69) is 18.1 Å². The van der Waals surface area contributed by atoms with E-state index in [0.29, 0.717) is 13.1 Å². The molecule has 0 amide bonds. The van der Waals surface area contributed by atoms with E-state index in [1.807, 2.05) is 29.2 Å². The van der Waals surface area contributed by atoms with Crippen molar-refractivity contribution in [3.63, 3.8) is 0 Å². The van der Waals surface area contributed by atoms with Gasteiger partial charge in [0.05, 0.1) is 6.10 Å². The lowest BCUT2D eigenvalue weighted by atomic mass is 10.1. The van der Waals surface area contributed by atoms with Crippen LogP contribution in [-0.2, 0) is 0 Å². The number of nitrogens with zero attached hydrogens (tertiary/aromatic N) is 2. The fourth-order valence-electron chi connectivity index (χ4n) is 1.44. The summed E-state index contributed by atoms with van der Waals surface area (Å²) in [6.07, 6.45) is 4.87. The molecule has 0 fully saturated rings. The van der Waals surface area contributed by atoms with Gasteiger partial charge in [-0.05, 0) is 24.6 Å². The van der Waals surface area contributed by atoms with E-state index in [0.717, 1.165) is 11.4 Å². The van der Waals surface area contributed by atoms with Crippen molar-refractivity contribution < 1.29 is 5.11 Å². The minimum atomic E-state index is -0.476. The summed E-state index contributed by atoms with van der Waals surface area (Å²) in [4.78, 5) is 6.31. The first-order valence-corrected chi connectivity index (χ1v) is 5.29. The highest BCUT2D eigenvalue weighted by Crippen LogP contribution is 2.17. The highest BCUT2D eigenvalue weighted by atomic mass is 16.3. The molecule has 3 heteroatoms. The van der Waals surface area contributed by atoms with E-state index in [-0.39, 0.29) is 0 Å². The van der Waals surface area contributed by atoms with E-state index < -0.39 is 6.10 Å². The number of hydrogen-bond acceptors (Lipinski definition) is 3. The van der Waals surface area contributed by atoms with Crippen LogP contribution in [0.15, 0.2) is 43.6 Å². The number of anilines is 1. The van der Waals surface area contributed by atoms with Crippen LogP contribution in [0.4, 0.5) is 5.82 Å². The summed E-state index contributed by atoms with van der Waals surface area (Å²) in [5, 5.41) is 9.50. The van der Waals surface area contributed by atoms with Gasteiger partial charge in [-0.3, -0.25) is 0 Å². The molecule has 1 rings (SSSR count). The molecule has 0 aliphatic heterocycles. The predicted molar refractivity (Wildman–Crippen MR) is 67.5 cm³/mol. The van der Waals surface area contributed by atoms with E-state index in [9.17, 15) is 5.11 Å². The number of aliphatic hydroxyl groups excluding tert-OH is 1. The Hall–Kier alpha value is -1.61. The van der Waals surface area contributed by atoms with Crippen LogP contribution in [0.3, 0.4) is 0 Å². The molecule has 0 aromatic carbocycles. The monoisotopic (exact) mass is 218 g/mol. The summed E-state index contributed by atoms with van der Waals surface area (Å²) in [6, 6.07) is 3.70. The smallest absolute Gasteiger partial charge is 0.129 e. The number of aliphatic hydroxyl groups is 1. The number of aromatic nitrogens is 1. The first-order chi connectivity index (χ1) is 7.69. The molecule has 1 aromatic heterocycles. The molecule has 0 radical (unpaired) electrons. The molecule has 16 heavy (non-hydrogen) atoms. The lowest BCUT2D eigenvalue weighted by Gasteiger charge is -2.21. The molecule has 0 saturated heterocycles. The average molecular weight is 218 g/mol. The average Bonchev–Trinajstić information content (AvgIpc) is 2.29. The molecule has 1 atom stereocenters. The Labute approximate surface area is 96.7 Å². The normalized spacial score (nSPS) is 11.9. The second kappa shape index (κ2) is 6.08. The summed E-state index contributed by atoms with van der Waals surface area (Å²) >= 11 is 0. The van der Waals surface area contributed by atoms with Crippen LogP contribution in [0, 0.1) is 0 Å². The largest absolute Gasteiger partial charge is 0.389 e. The van der Waals surface area contributed by atoms with Gasteiger partial charge in [0.1, 0.15) is 5.82 Å². The highest BCUT2D eigenvalue weighted by molar-refractivity contribution is 5.42.